The van der Waals surface area contributed by atoms with E-state index in [9.17, 15) is 0 Å². The molecule has 1 aromatic heterocycles. The number of hydroxylamine groups is 1. The predicted molar refractivity (Wildman–Crippen MR) is 102 cm³/mol. The number of nitrogens with zero attached hydrogens (tertiary/aromatic N) is 3. The summed E-state index contributed by atoms with van der Waals surface area (Å²) in [6, 6.07) is 18.1. The van der Waals surface area contributed by atoms with E-state index in [1.165, 1.54) is 5.56 Å². The van der Waals surface area contributed by atoms with Crippen LogP contribution in [0.3, 0.4) is 0 Å². The molecule has 1 N–H and O–H groups in total. The number of hydrogen-bond donors (Lipinski definition) is 1. The van der Waals surface area contributed by atoms with Gasteiger partial charge in [-0.3, -0.25) is 10.3 Å². The minimum Gasteiger partial charge on any atom is -0.272 e. The Morgan fingerprint density at radius 2 is 1.92 bits per heavy atom. The maximum absolute atomic E-state index is 6.01. The Morgan fingerprint density at radius 3 is 2.65 bits per heavy atom. The molecule has 132 valence electrons. The molecule has 2 heterocycles. The van der Waals surface area contributed by atoms with Gasteiger partial charge in [0, 0.05) is 17.0 Å². The van der Waals surface area contributed by atoms with Crippen molar-refractivity contribution in [2.45, 2.75) is 25.4 Å². The van der Waals surface area contributed by atoms with Gasteiger partial charge in [-0.2, -0.15) is 5.10 Å². The summed E-state index contributed by atoms with van der Waals surface area (Å²) in [4.78, 5) is 10.0. The molecule has 2 aromatic carbocycles. The van der Waals surface area contributed by atoms with Crippen molar-refractivity contribution in [1.29, 1.82) is 0 Å². The van der Waals surface area contributed by atoms with E-state index < -0.39 is 0 Å². The Morgan fingerprint density at radius 1 is 1.12 bits per heavy atom. The minimum absolute atomic E-state index is 0.0606. The van der Waals surface area contributed by atoms with Gasteiger partial charge in [-0.05, 0) is 30.5 Å². The summed E-state index contributed by atoms with van der Waals surface area (Å²) in [5.74, 6) is 0. The lowest BCUT2D eigenvalue weighted by molar-refractivity contribution is -0.00445. The third kappa shape index (κ3) is 3.79. The van der Waals surface area contributed by atoms with E-state index in [-0.39, 0.29) is 6.10 Å². The highest BCUT2D eigenvalue weighted by Gasteiger charge is 2.24. The van der Waals surface area contributed by atoms with Crippen molar-refractivity contribution in [2.75, 3.05) is 0 Å². The van der Waals surface area contributed by atoms with Gasteiger partial charge in [-0.1, -0.05) is 54.1 Å². The first kappa shape index (κ1) is 16.8. The van der Waals surface area contributed by atoms with Crippen LogP contribution in [0.5, 0.6) is 0 Å². The molecule has 0 bridgehead atoms. The third-order valence-electron chi connectivity index (χ3n) is 4.46. The molecule has 0 amide bonds. The summed E-state index contributed by atoms with van der Waals surface area (Å²) in [7, 11) is 0. The van der Waals surface area contributed by atoms with Crippen molar-refractivity contribution in [3.05, 3.63) is 83.4 Å². The number of hydrogen-bond acceptors (Lipinski definition) is 4. The molecule has 1 aliphatic rings. The van der Waals surface area contributed by atoms with E-state index in [0.717, 1.165) is 36.2 Å². The summed E-state index contributed by atoms with van der Waals surface area (Å²) >= 11 is 6.01. The van der Waals surface area contributed by atoms with E-state index in [1.54, 1.807) is 17.3 Å². The summed E-state index contributed by atoms with van der Waals surface area (Å²) in [5, 5.41) is 5.01. The van der Waals surface area contributed by atoms with Gasteiger partial charge in [0.05, 0.1) is 17.5 Å². The Hall–Kier alpha value is -2.63. The van der Waals surface area contributed by atoms with Gasteiger partial charge in [0.2, 0.25) is 0 Å². The molecule has 26 heavy (non-hydrogen) atoms. The van der Waals surface area contributed by atoms with Gasteiger partial charge in [-0.25, -0.2) is 9.67 Å². The highest BCUT2D eigenvalue weighted by atomic mass is 35.5. The SMILES string of the molecule is Clc1ccc(C2=C(n3cncn3)CC(CCc3ccccc3)ON2)cc1. The predicted octanol–water partition coefficient (Wildman–Crippen LogP) is 4.18. The second kappa shape index (κ2) is 7.72. The average Bonchev–Trinajstić information content (AvgIpc) is 3.22. The topological polar surface area (TPSA) is 52.0 Å². The molecular weight excluding hydrogens is 348 g/mol. The smallest absolute Gasteiger partial charge is 0.138 e. The van der Waals surface area contributed by atoms with Gasteiger partial charge in [0.25, 0.3) is 0 Å². The fourth-order valence-electron chi connectivity index (χ4n) is 3.09. The van der Waals surface area contributed by atoms with E-state index in [1.807, 2.05) is 30.3 Å². The van der Waals surface area contributed by atoms with Crippen molar-refractivity contribution in [3.8, 4) is 0 Å². The van der Waals surface area contributed by atoms with Crippen LogP contribution in [0.15, 0.2) is 67.3 Å². The van der Waals surface area contributed by atoms with Crippen LogP contribution >= 0.6 is 11.6 Å². The molecule has 1 unspecified atom stereocenters. The van der Waals surface area contributed by atoms with Gasteiger partial charge in [-0.15, -0.1) is 0 Å². The van der Waals surface area contributed by atoms with Crippen molar-refractivity contribution < 1.29 is 4.84 Å². The number of aromatic nitrogens is 3. The molecule has 5 nitrogen and oxygen atoms in total. The second-order valence-electron chi connectivity index (χ2n) is 6.24. The first-order valence-corrected chi connectivity index (χ1v) is 8.97. The largest absolute Gasteiger partial charge is 0.272 e. The van der Waals surface area contributed by atoms with Crippen LogP contribution in [0, 0.1) is 0 Å². The van der Waals surface area contributed by atoms with Gasteiger partial charge in [0.15, 0.2) is 0 Å². The molecule has 1 aliphatic heterocycles. The normalized spacial score (nSPS) is 17.2. The average molecular weight is 367 g/mol. The summed E-state index contributed by atoms with van der Waals surface area (Å²) in [5.41, 5.74) is 7.37. The second-order valence-corrected chi connectivity index (χ2v) is 6.68. The Labute approximate surface area is 157 Å². The number of benzene rings is 2. The van der Waals surface area contributed by atoms with E-state index in [4.69, 9.17) is 16.4 Å². The molecule has 0 spiro atoms. The molecule has 1 atom stereocenters. The van der Waals surface area contributed by atoms with Gasteiger partial charge < -0.3 is 0 Å². The van der Waals surface area contributed by atoms with Crippen LogP contribution in [-0.2, 0) is 11.3 Å². The lowest BCUT2D eigenvalue weighted by Gasteiger charge is -2.28. The Bertz CT molecular complexity index is 876. The summed E-state index contributed by atoms with van der Waals surface area (Å²) < 4.78 is 1.80. The Balaban J connectivity index is 1.56. The first-order chi connectivity index (χ1) is 12.8. The highest BCUT2D eigenvalue weighted by molar-refractivity contribution is 6.30. The highest BCUT2D eigenvalue weighted by Crippen LogP contribution is 2.30. The zero-order chi connectivity index (χ0) is 17.8. The maximum Gasteiger partial charge on any atom is 0.138 e. The maximum atomic E-state index is 6.01. The minimum atomic E-state index is 0.0606. The zero-order valence-electron chi connectivity index (χ0n) is 14.2. The van der Waals surface area contributed by atoms with Crippen molar-refractivity contribution >= 4 is 23.0 Å². The Kier molecular flexibility index (Phi) is 5.00. The molecule has 0 radical (unpaired) electrons. The fourth-order valence-corrected chi connectivity index (χ4v) is 3.22. The number of nitrogens with one attached hydrogen (secondary N) is 1. The lowest BCUT2D eigenvalue weighted by atomic mass is 10.0. The van der Waals surface area contributed by atoms with Crippen molar-refractivity contribution in [1.82, 2.24) is 20.2 Å². The quantitative estimate of drug-likeness (QED) is 0.735. The molecular formula is C20H19ClN4O. The molecule has 4 rings (SSSR count). The van der Waals surface area contributed by atoms with Crippen LogP contribution in [0.25, 0.3) is 11.4 Å². The molecule has 0 aliphatic carbocycles. The van der Waals surface area contributed by atoms with E-state index in [2.05, 4.69) is 39.8 Å². The van der Waals surface area contributed by atoms with Crippen LogP contribution in [0.4, 0.5) is 0 Å². The lowest BCUT2D eigenvalue weighted by Crippen LogP contribution is -2.31. The number of rotatable bonds is 5. The van der Waals surface area contributed by atoms with Crippen molar-refractivity contribution in [2.24, 2.45) is 0 Å². The van der Waals surface area contributed by atoms with Crippen LogP contribution in [0.1, 0.15) is 24.0 Å². The molecule has 0 saturated heterocycles. The number of halogens is 1. The van der Waals surface area contributed by atoms with Crippen LogP contribution in [-0.4, -0.2) is 20.9 Å². The summed E-state index contributed by atoms with van der Waals surface area (Å²) in [6.45, 7) is 0. The van der Waals surface area contributed by atoms with Crippen molar-refractivity contribution in [3.63, 3.8) is 0 Å². The molecule has 3 aromatic rings. The van der Waals surface area contributed by atoms with Crippen LogP contribution in [0.2, 0.25) is 5.02 Å². The molecule has 0 fully saturated rings. The number of aryl methyl sites for hydroxylation is 1. The van der Waals surface area contributed by atoms with Crippen LogP contribution < -0.4 is 5.48 Å². The molecule has 0 saturated carbocycles. The standard InChI is InChI=1S/C20H19ClN4O/c21-17-9-7-16(8-10-17)20-19(25-14-22-13-23-25)12-18(26-24-20)11-6-15-4-2-1-3-5-15/h1-5,7-10,13-14,18,24H,6,11-12H2. The fraction of sp³-hybridized carbons (Fsp3) is 0.200. The monoisotopic (exact) mass is 366 g/mol. The third-order valence-corrected chi connectivity index (χ3v) is 4.72. The zero-order valence-corrected chi connectivity index (χ0v) is 14.9. The molecule has 6 heteroatoms. The van der Waals surface area contributed by atoms with Gasteiger partial charge >= 0.3 is 0 Å². The summed E-state index contributed by atoms with van der Waals surface area (Å²) in [6.07, 6.45) is 5.96. The van der Waals surface area contributed by atoms with E-state index in [0.29, 0.717) is 5.02 Å². The first-order valence-electron chi connectivity index (χ1n) is 8.59. The van der Waals surface area contributed by atoms with E-state index >= 15 is 0 Å². The van der Waals surface area contributed by atoms with Gasteiger partial charge in [0.1, 0.15) is 12.7 Å².